The van der Waals surface area contributed by atoms with Gasteiger partial charge < -0.3 is 30.9 Å². The van der Waals surface area contributed by atoms with Crippen LogP contribution in [-0.2, 0) is 0 Å². The van der Waals surface area contributed by atoms with Crippen LogP contribution in [0.3, 0.4) is 0 Å². The lowest BCUT2D eigenvalue weighted by atomic mass is 10.2. The number of ether oxygens (including phenoxy) is 1. The molecule has 3 aromatic rings. The van der Waals surface area contributed by atoms with E-state index in [1.807, 2.05) is 20.8 Å². The second-order valence-electron chi connectivity index (χ2n) is 7.45. The van der Waals surface area contributed by atoms with Crippen LogP contribution >= 0.6 is 11.6 Å². The van der Waals surface area contributed by atoms with Crippen LogP contribution in [0.1, 0.15) is 32.5 Å². The zero-order chi connectivity index (χ0) is 24.0. The molecule has 3 aromatic heterocycles. The van der Waals surface area contributed by atoms with Crippen LogP contribution in [-0.4, -0.2) is 60.7 Å². The van der Waals surface area contributed by atoms with Gasteiger partial charge in [-0.25, -0.2) is 9.49 Å². The molecule has 2 atom stereocenters. The molecule has 13 heteroatoms. The molecule has 0 bridgehead atoms. The predicted molar refractivity (Wildman–Crippen MR) is 122 cm³/mol. The van der Waals surface area contributed by atoms with E-state index < -0.39 is 18.5 Å². The van der Waals surface area contributed by atoms with Crippen LogP contribution in [0, 0.1) is 5.82 Å². The molecule has 11 nitrogen and oxygen atoms in total. The highest BCUT2D eigenvalue weighted by atomic mass is 35.5. The van der Waals surface area contributed by atoms with E-state index in [-0.39, 0.29) is 41.3 Å². The summed E-state index contributed by atoms with van der Waals surface area (Å²) >= 11 is 6.47. The summed E-state index contributed by atoms with van der Waals surface area (Å²) < 4.78 is 18.8. The number of rotatable bonds is 11. The first-order chi connectivity index (χ1) is 15.7. The molecule has 0 amide bonds. The minimum absolute atomic E-state index is 0.00989. The first-order valence-corrected chi connectivity index (χ1v) is 10.6. The number of aromatic amines is 1. The monoisotopic (exact) mass is 480 g/mol. The summed E-state index contributed by atoms with van der Waals surface area (Å²) in [6, 6.07) is 4.17. The summed E-state index contributed by atoms with van der Waals surface area (Å²) in [5, 5.41) is 34.8. The average molecular weight is 481 g/mol. The van der Waals surface area contributed by atoms with Gasteiger partial charge in [0.25, 0.3) is 0 Å². The Morgan fingerprint density at radius 3 is 2.64 bits per heavy atom. The molecule has 0 aliphatic heterocycles. The van der Waals surface area contributed by atoms with Crippen molar-refractivity contribution in [1.29, 1.82) is 0 Å². The fourth-order valence-corrected chi connectivity index (χ4v) is 2.90. The molecule has 0 saturated carbocycles. The SMILES string of the molecule is CC(C)Oc1cc(Nc2nc(N[C@@H](C)c3ccc(F)cn3)nc(NCC(O)CO)c2Cl)n[nH]1. The maximum absolute atomic E-state index is 13.2. The zero-order valence-corrected chi connectivity index (χ0v) is 19.1. The van der Waals surface area contributed by atoms with E-state index in [0.717, 1.165) is 6.20 Å². The van der Waals surface area contributed by atoms with Gasteiger partial charge in [0, 0.05) is 12.6 Å². The summed E-state index contributed by atoms with van der Waals surface area (Å²) in [4.78, 5) is 12.8. The van der Waals surface area contributed by atoms with Gasteiger partial charge in [0.1, 0.15) is 10.8 Å². The second-order valence-corrected chi connectivity index (χ2v) is 7.83. The molecule has 3 heterocycles. The quantitative estimate of drug-likeness (QED) is 0.241. The summed E-state index contributed by atoms with van der Waals surface area (Å²) in [5.74, 6) is 1.09. The molecule has 0 spiro atoms. The van der Waals surface area contributed by atoms with Crippen molar-refractivity contribution in [2.45, 2.75) is 39.0 Å². The highest BCUT2D eigenvalue weighted by molar-refractivity contribution is 6.35. The number of H-pyrrole nitrogens is 1. The molecule has 178 valence electrons. The fraction of sp³-hybridized carbons (Fsp3) is 0.400. The maximum Gasteiger partial charge on any atom is 0.227 e. The number of hydrogen-bond donors (Lipinski definition) is 6. The van der Waals surface area contributed by atoms with E-state index in [4.69, 9.17) is 21.4 Å². The van der Waals surface area contributed by atoms with Crippen molar-refractivity contribution in [2.75, 3.05) is 29.1 Å². The van der Waals surface area contributed by atoms with E-state index in [1.54, 1.807) is 12.1 Å². The minimum atomic E-state index is -1.01. The van der Waals surface area contributed by atoms with Gasteiger partial charge in [0.15, 0.2) is 17.5 Å². The highest BCUT2D eigenvalue weighted by Gasteiger charge is 2.17. The summed E-state index contributed by atoms with van der Waals surface area (Å²) in [6.45, 7) is 5.18. The third-order valence-electron chi connectivity index (χ3n) is 4.27. The van der Waals surface area contributed by atoms with E-state index >= 15 is 0 Å². The Bertz CT molecular complexity index is 1050. The lowest BCUT2D eigenvalue weighted by molar-refractivity contribution is 0.105. The second kappa shape index (κ2) is 11.1. The van der Waals surface area contributed by atoms with Crippen molar-refractivity contribution in [3.63, 3.8) is 0 Å². The molecule has 6 N–H and O–H groups in total. The first kappa shape index (κ1) is 24.4. The first-order valence-electron chi connectivity index (χ1n) is 10.2. The Labute approximate surface area is 194 Å². The Hall–Kier alpha value is -3.22. The maximum atomic E-state index is 13.2. The summed E-state index contributed by atoms with van der Waals surface area (Å²) in [6.07, 6.45) is 0.0845. The van der Waals surface area contributed by atoms with E-state index in [9.17, 15) is 9.50 Å². The van der Waals surface area contributed by atoms with Crippen LogP contribution in [0.15, 0.2) is 24.4 Å². The predicted octanol–water partition coefficient (Wildman–Crippen LogP) is 2.86. The van der Waals surface area contributed by atoms with Crippen molar-refractivity contribution in [2.24, 2.45) is 0 Å². The Balaban J connectivity index is 1.86. The van der Waals surface area contributed by atoms with Crippen molar-refractivity contribution in [3.05, 3.63) is 40.9 Å². The van der Waals surface area contributed by atoms with Gasteiger partial charge in [-0.1, -0.05) is 11.6 Å². The average Bonchev–Trinajstić information content (AvgIpc) is 3.20. The molecular weight excluding hydrogens is 455 g/mol. The van der Waals surface area contributed by atoms with E-state index in [2.05, 4.69) is 41.1 Å². The third kappa shape index (κ3) is 6.88. The lowest BCUT2D eigenvalue weighted by Crippen LogP contribution is -2.24. The normalized spacial score (nSPS) is 13.0. The van der Waals surface area contributed by atoms with E-state index in [1.165, 1.54) is 6.07 Å². The standard InChI is InChI=1S/C20H26ClFN8O3/c1-10(2)33-16-6-15(29-30-16)26-19-17(21)18(24-8-13(32)9-31)27-20(28-19)25-11(3)14-5-4-12(22)7-23-14/h4-7,10-11,13,31-32H,8-9H2,1-3H3,(H4,24,25,26,27,28,29,30)/t11-,13?/m0/s1. The van der Waals surface area contributed by atoms with Crippen molar-refractivity contribution < 1.29 is 19.3 Å². The highest BCUT2D eigenvalue weighted by Crippen LogP contribution is 2.32. The number of aliphatic hydroxyl groups is 2. The number of pyridine rings is 1. The molecule has 0 saturated heterocycles. The molecule has 3 rings (SSSR count). The van der Waals surface area contributed by atoms with E-state index in [0.29, 0.717) is 17.4 Å². The van der Waals surface area contributed by atoms with Gasteiger partial charge in [-0.15, -0.1) is 0 Å². The van der Waals surface area contributed by atoms with Gasteiger partial charge in [-0.3, -0.25) is 4.98 Å². The Morgan fingerprint density at radius 2 is 1.97 bits per heavy atom. The number of anilines is 4. The minimum Gasteiger partial charge on any atom is -0.475 e. The number of halogens is 2. The molecule has 1 unspecified atom stereocenters. The van der Waals surface area contributed by atoms with Crippen LogP contribution in [0.25, 0.3) is 0 Å². The topological polar surface area (TPSA) is 153 Å². The summed E-state index contributed by atoms with van der Waals surface area (Å²) in [7, 11) is 0. The van der Waals surface area contributed by atoms with Crippen LogP contribution in [0.4, 0.5) is 27.8 Å². The summed E-state index contributed by atoms with van der Waals surface area (Å²) in [5.41, 5.74) is 0.581. The zero-order valence-electron chi connectivity index (χ0n) is 18.3. The van der Waals surface area contributed by atoms with Gasteiger partial charge in [-0.2, -0.15) is 15.1 Å². The molecule has 33 heavy (non-hydrogen) atoms. The Kier molecular flexibility index (Phi) is 8.20. The number of nitrogens with zero attached hydrogens (tertiary/aromatic N) is 4. The number of nitrogens with one attached hydrogen (secondary N) is 4. The van der Waals surface area contributed by atoms with Gasteiger partial charge >= 0.3 is 0 Å². The van der Waals surface area contributed by atoms with Crippen molar-refractivity contribution in [1.82, 2.24) is 25.1 Å². The van der Waals surface area contributed by atoms with Gasteiger partial charge in [0.2, 0.25) is 11.8 Å². The molecule has 0 aliphatic carbocycles. The molecule has 0 radical (unpaired) electrons. The molecule has 0 aromatic carbocycles. The van der Waals surface area contributed by atoms with Gasteiger partial charge in [0.05, 0.1) is 36.7 Å². The molecule has 0 aliphatic rings. The molecule has 0 fully saturated rings. The van der Waals surface area contributed by atoms with Crippen LogP contribution in [0.5, 0.6) is 5.88 Å². The number of aromatic nitrogens is 5. The fourth-order valence-electron chi connectivity index (χ4n) is 2.71. The number of hydrogen-bond acceptors (Lipinski definition) is 10. The largest absolute Gasteiger partial charge is 0.475 e. The smallest absolute Gasteiger partial charge is 0.227 e. The lowest BCUT2D eigenvalue weighted by Gasteiger charge is -2.17. The van der Waals surface area contributed by atoms with Crippen molar-refractivity contribution in [3.8, 4) is 5.88 Å². The van der Waals surface area contributed by atoms with Crippen molar-refractivity contribution >= 4 is 35.0 Å². The third-order valence-corrected chi connectivity index (χ3v) is 4.63. The van der Waals surface area contributed by atoms with Gasteiger partial charge in [-0.05, 0) is 32.9 Å². The molecular formula is C20H26ClFN8O3. The number of aliphatic hydroxyl groups excluding tert-OH is 2. The van der Waals surface area contributed by atoms with Crippen LogP contribution in [0.2, 0.25) is 5.02 Å². The Morgan fingerprint density at radius 1 is 1.21 bits per heavy atom. The van der Waals surface area contributed by atoms with Crippen LogP contribution < -0.4 is 20.7 Å².